The van der Waals surface area contributed by atoms with Crippen LogP contribution in [0.1, 0.15) is 0 Å². The average Bonchev–Trinajstić information content (AvgIpc) is 2.82. The van der Waals surface area contributed by atoms with Gasteiger partial charge in [0.15, 0.2) is 0 Å². The van der Waals surface area contributed by atoms with Crippen LogP contribution < -0.4 is 4.74 Å². The van der Waals surface area contributed by atoms with Gasteiger partial charge in [-0.15, -0.1) is 0 Å². The van der Waals surface area contributed by atoms with Crippen molar-refractivity contribution in [3.05, 3.63) is 54.6 Å². The molecular formula is C15H11O2. The molecule has 0 saturated heterocycles. The van der Waals surface area contributed by atoms with E-state index in [0.717, 1.165) is 28.0 Å². The van der Waals surface area contributed by atoms with E-state index in [9.17, 15) is 0 Å². The van der Waals surface area contributed by atoms with Gasteiger partial charge in [-0.05, 0) is 30.3 Å². The van der Waals surface area contributed by atoms with E-state index in [1.807, 2.05) is 48.5 Å². The SMILES string of the molecule is COc1ccc2oc(-c3cc[c]cc3)cc2c1. The average molecular weight is 223 g/mol. The Morgan fingerprint density at radius 2 is 1.88 bits per heavy atom. The van der Waals surface area contributed by atoms with Crippen LogP contribution in [0.25, 0.3) is 22.3 Å². The number of benzene rings is 2. The Morgan fingerprint density at radius 1 is 1.06 bits per heavy atom. The zero-order valence-electron chi connectivity index (χ0n) is 9.44. The highest BCUT2D eigenvalue weighted by Gasteiger charge is 2.06. The van der Waals surface area contributed by atoms with E-state index in [-0.39, 0.29) is 0 Å². The summed E-state index contributed by atoms with van der Waals surface area (Å²) in [5.41, 5.74) is 1.92. The highest BCUT2D eigenvalue weighted by molar-refractivity contribution is 5.84. The van der Waals surface area contributed by atoms with E-state index in [0.29, 0.717) is 0 Å². The summed E-state index contributed by atoms with van der Waals surface area (Å²) < 4.78 is 11.0. The van der Waals surface area contributed by atoms with Crippen LogP contribution in [0.3, 0.4) is 0 Å². The van der Waals surface area contributed by atoms with Crippen LogP contribution in [0.4, 0.5) is 0 Å². The molecule has 0 spiro atoms. The summed E-state index contributed by atoms with van der Waals surface area (Å²) in [7, 11) is 1.66. The van der Waals surface area contributed by atoms with E-state index >= 15 is 0 Å². The second kappa shape index (κ2) is 3.98. The molecule has 1 aromatic heterocycles. The molecular weight excluding hydrogens is 212 g/mol. The van der Waals surface area contributed by atoms with Crippen molar-refractivity contribution in [1.82, 2.24) is 0 Å². The summed E-state index contributed by atoms with van der Waals surface area (Å²) in [5.74, 6) is 1.70. The number of methoxy groups -OCH3 is 1. The van der Waals surface area contributed by atoms with E-state index < -0.39 is 0 Å². The number of hydrogen-bond acceptors (Lipinski definition) is 2. The molecule has 2 aromatic carbocycles. The fourth-order valence-electron chi connectivity index (χ4n) is 1.84. The fraction of sp³-hybridized carbons (Fsp3) is 0.0667. The van der Waals surface area contributed by atoms with Gasteiger partial charge in [0.05, 0.1) is 7.11 Å². The molecule has 83 valence electrons. The number of furan rings is 1. The van der Waals surface area contributed by atoms with E-state index in [4.69, 9.17) is 9.15 Å². The van der Waals surface area contributed by atoms with Gasteiger partial charge in [0, 0.05) is 10.9 Å². The molecule has 0 fully saturated rings. The normalized spacial score (nSPS) is 10.6. The Bertz CT molecular complexity index is 638. The number of hydrogen-bond donors (Lipinski definition) is 0. The third kappa shape index (κ3) is 1.78. The van der Waals surface area contributed by atoms with Crippen LogP contribution in [-0.4, -0.2) is 7.11 Å². The standard InChI is InChI=1S/C15H11O2/c1-16-13-7-8-14-12(9-13)10-15(17-14)11-5-3-2-4-6-11/h3-10H,1H3. The molecule has 0 aliphatic rings. The van der Waals surface area contributed by atoms with Crippen molar-refractivity contribution in [2.75, 3.05) is 7.11 Å². The van der Waals surface area contributed by atoms with Crippen LogP contribution in [0.2, 0.25) is 0 Å². The molecule has 0 atom stereocenters. The lowest BCUT2D eigenvalue weighted by molar-refractivity contribution is 0.415. The molecule has 1 radical (unpaired) electrons. The Hall–Kier alpha value is -2.22. The maximum Gasteiger partial charge on any atom is 0.135 e. The molecule has 2 nitrogen and oxygen atoms in total. The third-order valence-corrected chi connectivity index (χ3v) is 2.73. The van der Waals surface area contributed by atoms with Gasteiger partial charge in [-0.25, -0.2) is 0 Å². The topological polar surface area (TPSA) is 22.4 Å². The maximum absolute atomic E-state index is 5.78. The minimum atomic E-state index is 0.839. The monoisotopic (exact) mass is 223 g/mol. The first-order chi connectivity index (χ1) is 8.36. The highest BCUT2D eigenvalue weighted by Crippen LogP contribution is 2.29. The molecule has 0 unspecified atom stereocenters. The zero-order chi connectivity index (χ0) is 11.7. The molecule has 0 amide bonds. The summed E-state index contributed by atoms with van der Waals surface area (Å²) in [5, 5.41) is 1.05. The summed E-state index contributed by atoms with van der Waals surface area (Å²) in [6.07, 6.45) is 0. The lowest BCUT2D eigenvalue weighted by atomic mass is 10.1. The van der Waals surface area contributed by atoms with Crippen molar-refractivity contribution in [3.8, 4) is 17.1 Å². The Morgan fingerprint density at radius 3 is 2.65 bits per heavy atom. The summed E-state index contributed by atoms with van der Waals surface area (Å²) in [4.78, 5) is 0. The molecule has 0 saturated carbocycles. The van der Waals surface area contributed by atoms with E-state index in [1.54, 1.807) is 7.11 Å². The first-order valence-electron chi connectivity index (χ1n) is 5.41. The van der Waals surface area contributed by atoms with Gasteiger partial charge in [-0.2, -0.15) is 0 Å². The number of rotatable bonds is 2. The van der Waals surface area contributed by atoms with Gasteiger partial charge >= 0.3 is 0 Å². The van der Waals surface area contributed by atoms with E-state index in [2.05, 4.69) is 6.07 Å². The Balaban J connectivity index is 2.14. The molecule has 1 heterocycles. The lowest BCUT2D eigenvalue weighted by Gasteiger charge is -1.96. The van der Waals surface area contributed by atoms with Gasteiger partial charge in [-0.1, -0.05) is 24.3 Å². The number of fused-ring (bicyclic) bond motifs is 1. The minimum absolute atomic E-state index is 0.839. The van der Waals surface area contributed by atoms with Crippen LogP contribution in [0.5, 0.6) is 5.75 Å². The minimum Gasteiger partial charge on any atom is -0.497 e. The van der Waals surface area contributed by atoms with Gasteiger partial charge < -0.3 is 9.15 Å². The molecule has 3 aromatic rings. The molecule has 17 heavy (non-hydrogen) atoms. The van der Waals surface area contributed by atoms with Gasteiger partial charge in [0.2, 0.25) is 0 Å². The summed E-state index contributed by atoms with van der Waals surface area (Å²) >= 11 is 0. The highest BCUT2D eigenvalue weighted by atomic mass is 16.5. The van der Waals surface area contributed by atoms with Gasteiger partial charge in [0.1, 0.15) is 17.1 Å². The molecule has 0 bridgehead atoms. The first-order valence-corrected chi connectivity index (χ1v) is 5.41. The van der Waals surface area contributed by atoms with E-state index in [1.165, 1.54) is 0 Å². The predicted molar refractivity (Wildman–Crippen MR) is 67.0 cm³/mol. The van der Waals surface area contributed by atoms with Crippen LogP contribution in [0.15, 0.2) is 52.9 Å². The predicted octanol–water partition coefficient (Wildman–Crippen LogP) is 3.91. The second-order valence-electron chi connectivity index (χ2n) is 3.80. The van der Waals surface area contributed by atoms with Crippen molar-refractivity contribution in [1.29, 1.82) is 0 Å². The Kier molecular flexibility index (Phi) is 2.33. The van der Waals surface area contributed by atoms with Crippen LogP contribution >= 0.6 is 0 Å². The Labute approximate surface area is 99.4 Å². The molecule has 3 rings (SSSR count). The molecule has 0 N–H and O–H groups in total. The number of ether oxygens (including phenoxy) is 1. The smallest absolute Gasteiger partial charge is 0.135 e. The van der Waals surface area contributed by atoms with Gasteiger partial charge in [0.25, 0.3) is 0 Å². The maximum atomic E-state index is 5.78. The first kappa shape index (κ1) is 9.97. The van der Waals surface area contributed by atoms with Gasteiger partial charge in [-0.3, -0.25) is 0 Å². The zero-order valence-corrected chi connectivity index (χ0v) is 9.44. The van der Waals surface area contributed by atoms with Crippen molar-refractivity contribution in [2.24, 2.45) is 0 Å². The lowest BCUT2D eigenvalue weighted by Crippen LogP contribution is -1.79. The van der Waals surface area contributed by atoms with Crippen LogP contribution in [-0.2, 0) is 0 Å². The summed E-state index contributed by atoms with van der Waals surface area (Å²) in [6.45, 7) is 0. The van der Waals surface area contributed by atoms with Crippen LogP contribution in [0, 0.1) is 6.07 Å². The molecule has 2 heteroatoms. The second-order valence-corrected chi connectivity index (χ2v) is 3.80. The largest absolute Gasteiger partial charge is 0.497 e. The van der Waals surface area contributed by atoms with Crippen molar-refractivity contribution in [2.45, 2.75) is 0 Å². The summed E-state index contributed by atoms with van der Waals surface area (Å²) in [6, 6.07) is 18.5. The van der Waals surface area contributed by atoms with Crippen molar-refractivity contribution >= 4 is 11.0 Å². The molecule has 0 aliphatic carbocycles. The quantitative estimate of drug-likeness (QED) is 0.657. The molecule has 0 aliphatic heterocycles. The van der Waals surface area contributed by atoms with Crippen molar-refractivity contribution < 1.29 is 9.15 Å². The fourth-order valence-corrected chi connectivity index (χ4v) is 1.84. The third-order valence-electron chi connectivity index (χ3n) is 2.73. The van der Waals surface area contributed by atoms with Crippen molar-refractivity contribution in [3.63, 3.8) is 0 Å².